The summed E-state index contributed by atoms with van der Waals surface area (Å²) in [5.41, 5.74) is 0. The Balaban J connectivity index is 2.21. The molecule has 0 aromatic rings. The van der Waals surface area contributed by atoms with Crippen LogP contribution in [0.5, 0.6) is 0 Å². The third-order valence-corrected chi connectivity index (χ3v) is 3.24. The zero-order valence-electron chi connectivity index (χ0n) is 9.89. The molecule has 1 atom stereocenters. The van der Waals surface area contributed by atoms with Crippen molar-refractivity contribution in [3.8, 4) is 0 Å². The summed E-state index contributed by atoms with van der Waals surface area (Å²) in [6.07, 6.45) is 6.85. The highest BCUT2D eigenvalue weighted by Gasteiger charge is 2.18. The van der Waals surface area contributed by atoms with Crippen molar-refractivity contribution >= 4 is 0 Å². The first-order valence-corrected chi connectivity index (χ1v) is 6.33. The van der Waals surface area contributed by atoms with Crippen LogP contribution in [0, 0.1) is 0 Å². The van der Waals surface area contributed by atoms with E-state index in [2.05, 4.69) is 24.1 Å². The van der Waals surface area contributed by atoms with E-state index >= 15 is 0 Å². The Morgan fingerprint density at radius 2 is 2.14 bits per heavy atom. The third-order valence-electron chi connectivity index (χ3n) is 3.24. The van der Waals surface area contributed by atoms with Gasteiger partial charge in [-0.2, -0.15) is 0 Å². The van der Waals surface area contributed by atoms with Gasteiger partial charge < -0.3 is 5.32 Å². The van der Waals surface area contributed by atoms with Gasteiger partial charge in [0.25, 0.3) is 0 Å². The van der Waals surface area contributed by atoms with E-state index < -0.39 is 0 Å². The molecule has 2 heteroatoms. The Labute approximate surface area is 89.1 Å². The number of nitrogens with zero attached hydrogens (tertiary/aromatic N) is 1. The maximum Gasteiger partial charge on any atom is 0.0220 e. The van der Waals surface area contributed by atoms with Crippen LogP contribution in [0.25, 0.3) is 0 Å². The summed E-state index contributed by atoms with van der Waals surface area (Å²) in [5.74, 6) is 0. The molecule has 0 aromatic heterocycles. The quantitative estimate of drug-likeness (QED) is 0.659. The molecule has 2 nitrogen and oxygen atoms in total. The molecule has 0 bridgehead atoms. The average molecular weight is 198 g/mol. The first-order valence-electron chi connectivity index (χ1n) is 6.33. The van der Waals surface area contributed by atoms with Gasteiger partial charge in [-0.25, -0.2) is 0 Å². The lowest BCUT2D eigenvalue weighted by molar-refractivity contribution is 0.171. The minimum absolute atomic E-state index is 0.811. The number of hydrogen-bond acceptors (Lipinski definition) is 2. The summed E-state index contributed by atoms with van der Waals surface area (Å²) in [5, 5.41) is 3.50. The second-order valence-corrected chi connectivity index (χ2v) is 4.34. The molecule has 1 unspecified atom stereocenters. The highest BCUT2D eigenvalue weighted by Crippen LogP contribution is 2.11. The molecule has 1 heterocycles. The fourth-order valence-corrected chi connectivity index (χ4v) is 2.31. The zero-order valence-corrected chi connectivity index (χ0v) is 9.89. The van der Waals surface area contributed by atoms with Gasteiger partial charge in [-0.05, 0) is 38.9 Å². The van der Waals surface area contributed by atoms with Gasteiger partial charge in [0.2, 0.25) is 0 Å². The van der Waals surface area contributed by atoms with Gasteiger partial charge in [-0.1, -0.05) is 26.7 Å². The predicted molar refractivity (Wildman–Crippen MR) is 62.7 cm³/mol. The fourth-order valence-electron chi connectivity index (χ4n) is 2.31. The molecule has 0 spiro atoms. The third kappa shape index (κ3) is 3.97. The van der Waals surface area contributed by atoms with Crippen LogP contribution in [0.4, 0.5) is 0 Å². The minimum Gasteiger partial charge on any atom is -0.315 e. The van der Waals surface area contributed by atoms with E-state index in [9.17, 15) is 0 Å². The van der Waals surface area contributed by atoms with Crippen LogP contribution in [0.2, 0.25) is 0 Å². The van der Waals surface area contributed by atoms with Gasteiger partial charge in [-0.3, -0.25) is 4.90 Å². The van der Waals surface area contributed by atoms with E-state index in [1.54, 1.807) is 0 Å². The van der Waals surface area contributed by atoms with Gasteiger partial charge in [0, 0.05) is 12.6 Å². The van der Waals surface area contributed by atoms with Crippen LogP contribution in [-0.2, 0) is 0 Å². The Kier molecular flexibility index (Phi) is 6.20. The van der Waals surface area contributed by atoms with E-state index in [1.165, 1.54) is 58.3 Å². The van der Waals surface area contributed by atoms with Crippen molar-refractivity contribution in [2.75, 3.05) is 26.2 Å². The largest absolute Gasteiger partial charge is 0.315 e. The van der Waals surface area contributed by atoms with Crippen molar-refractivity contribution in [2.24, 2.45) is 0 Å². The summed E-state index contributed by atoms with van der Waals surface area (Å²) >= 11 is 0. The summed E-state index contributed by atoms with van der Waals surface area (Å²) in [4.78, 5) is 2.65. The van der Waals surface area contributed by atoms with E-state index in [0.717, 1.165) is 6.04 Å². The van der Waals surface area contributed by atoms with E-state index in [0.29, 0.717) is 0 Å². The lowest BCUT2D eigenvalue weighted by atomic mass is 10.1. The normalized spacial score (nSPS) is 22.9. The summed E-state index contributed by atoms with van der Waals surface area (Å²) < 4.78 is 0. The molecule has 1 saturated heterocycles. The second-order valence-electron chi connectivity index (χ2n) is 4.34. The summed E-state index contributed by atoms with van der Waals surface area (Å²) in [6, 6.07) is 0.811. The molecule has 1 aliphatic rings. The summed E-state index contributed by atoms with van der Waals surface area (Å²) in [6.45, 7) is 9.52. The molecule has 0 aromatic carbocycles. The first-order chi connectivity index (χ1) is 6.88. The first kappa shape index (κ1) is 12.0. The van der Waals surface area contributed by atoms with E-state index in [4.69, 9.17) is 0 Å². The Bertz CT molecular complexity index is 130. The number of unbranched alkanes of at least 4 members (excludes halogenated alkanes) is 2. The van der Waals surface area contributed by atoms with Gasteiger partial charge in [-0.15, -0.1) is 0 Å². The molecule has 0 amide bonds. The zero-order chi connectivity index (χ0) is 10.2. The van der Waals surface area contributed by atoms with Crippen molar-refractivity contribution in [3.05, 3.63) is 0 Å². The average Bonchev–Trinajstić information content (AvgIpc) is 2.26. The van der Waals surface area contributed by atoms with Crippen molar-refractivity contribution in [1.82, 2.24) is 10.2 Å². The van der Waals surface area contributed by atoms with Crippen LogP contribution in [-0.4, -0.2) is 37.1 Å². The van der Waals surface area contributed by atoms with Crippen LogP contribution >= 0.6 is 0 Å². The fraction of sp³-hybridized carbons (Fsp3) is 1.00. The van der Waals surface area contributed by atoms with Crippen LogP contribution in [0.1, 0.15) is 46.0 Å². The monoisotopic (exact) mass is 198 g/mol. The van der Waals surface area contributed by atoms with Gasteiger partial charge in [0.15, 0.2) is 0 Å². The van der Waals surface area contributed by atoms with Crippen molar-refractivity contribution < 1.29 is 0 Å². The molecule has 84 valence electrons. The molecule has 1 N–H and O–H groups in total. The molecule has 0 saturated carbocycles. The van der Waals surface area contributed by atoms with Crippen LogP contribution in [0.15, 0.2) is 0 Å². The second kappa shape index (κ2) is 7.24. The lowest BCUT2D eigenvalue weighted by Gasteiger charge is -2.33. The van der Waals surface area contributed by atoms with E-state index in [-0.39, 0.29) is 0 Å². The maximum atomic E-state index is 3.50. The topological polar surface area (TPSA) is 15.3 Å². The number of nitrogens with one attached hydrogen (secondary N) is 1. The Morgan fingerprint density at radius 3 is 2.71 bits per heavy atom. The van der Waals surface area contributed by atoms with Crippen LogP contribution < -0.4 is 5.32 Å². The van der Waals surface area contributed by atoms with Crippen LogP contribution in [0.3, 0.4) is 0 Å². The number of likely N-dealkylation sites (N-methyl/N-ethyl adjacent to an activating group) is 1. The van der Waals surface area contributed by atoms with E-state index in [1.807, 2.05) is 0 Å². The number of rotatable bonds is 6. The molecule has 1 aliphatic heterocycles. The Hall–Kier alpha value is -0.0800. The lowest BCUT2D eigenvalue weighted by Crippen LogP contribution is -2.46. The maximum absolute atomic E-state index is 3.50. The molecule has 1 fully saturated rings. The number of piperidine rings is 1. The smallest absolute Gasteiger partial charge is 0.0220 e. The van der Waals surface area contributed by atoms with Crippen molar-refractivity contribution in [2.45, 2.75) is 52.0 Å². The SMILES string of the molecule is CCCCCN(CC)C1CCCNC1. The minimum atomic E-state index is 0.811. The number of hydrogen-bond donors (Lipinski definition) is 1. The van der Waals surface area contributed by atoms with Gasteiger partial charge >= 0.3 is 0 Å². The predicted octanol–water partition coefficient (Wildman–Crippen LogP) is 2.25. The van der Waals surface area contributed by atoms with Crippen molar-refractivity contribution in [1.29, 1.82) is 0 Å². The molecule has 1 rings (SSSR count). The molecular weight excluding hydrogens is 172 g/mol. The van der Waals surface area contributed by atoms with Crippen molar-refractivity contribution in [3.63, 3.8) is 0 Å². The molecular formula is C12H26N2. The van der Waals surface area contributed by atoms with Gasteiger partial charge in [0.1, 0.15) is 0 Å². The standard InChI is InChI=1S/C12H26N2/c1-3-5-6-10-14(4-2)12-8-7-9-13-11-12/h12-13H,3-11H2,1-2H3. The molecule has 14 heavy (non-hydrogen) atoms. The Morgan fingerprint density at radius 1 is 1.29 bits per heavy atom. The summed E-state index contributed by atoms with van der Waals surface area (Å²) in [7, 11) is 0. The molecule has 0 radical (unpaired) electrons. The highest BCUT2D eigenvalue weighted by atomic mass is 15.2. The molecule has 0 aliphatic carbocycles. The van der Waals surface area contributed by atoms with Gasteiger partial charge in [0.05, 0.1) is 0 Å². The highest BCUT2D eigenvalue weighted by molar-refractivity contribution is 4.77.